The van der Waals surface area contributed by atoms with Crippen LogP contribution in [0.25, 0.3) is 0 Å². The molecule has 0 aliphatic heterocycles. The van der Waals surface area contributed by atoms with Crippen molar-refractivity contribution in [3.63, 3.8) is 0 Å². The van der Waals surface area contributed by atoms with Crippen molar-refractivity contribution >= 4 is 11.6 Å². The van der Waals surface area contributed by atoms with E-state index < -0.39 is 0 Å². The van der Waals surface area contributed by atoms with Crippen molar-refractivity contribution in [1.82, 2.24) is 10.2 Å². The van der Waals surface area contributed by atoms with E-state index in [4.69, 9.17) is 5.73 Å². The van der Waals surface area contributed by atoms with Crippen molar-refractivity contribution < 1.29 is 0 Å². The van der Waals surface area contributed by atoms with E-state index in [-0.39, 0.29) is 0 Å². The maximum Gasteiger partial charge on any atom is 0.151 e. The molecule has 0 atom stereocenters. The third-order valence-electron chi connectivity index (χ3n) is 2.73. The van der Waals surface area contributed by atoms with E-state index in [1.807, 2.05) is 25.2 Å². The maximum atomic E-state index is 5.51. The van der Waals surface area contributed by atoms with E-state index in [0.717, 1.165) is 12.4 Å². The summed E-state index contributed by atoms with van der Waals surface area (Å²) in [6.45, 7) is 2.92. The second-order valence-corrected chi connectivity index (χ2v) is 4.10. The summed E-state index contributed by atoms with van der Waals surface area (Å²) in [5.74, 6) is 1.26. The highest BCUT2D eigenvalue weighted by Gasteiger charge is 2.05. The normalized spacial score (nSPS) is 10.2. The first-order valence-electron chi connectivity index (χ1n) is 5.51. The highest BCUT2D eigenvalue weighted by Crippen LogP contribution is 2.14. The monoisotopic (exact) mass is 228 g/mol. The molecule has 0 fully saturated rings. The van der Waals surface area contributed by atoms with Gasteiger partial charge >= 0.3 is 0 Å². The Balaban J connectivity index is 2.14. The fourth-order valence-electron chi connectivity index (χ4n) is 1.66. The van der Waals surface area contributed by atoms with Crippen LogP contribution in [0.1, 0.15) is 11.1 Å². The van der Waals surface area contributed by atoms with Crippen LogP contribution in [-0.2, 0) is 6.54 Å². The number of nitrogen functional groups attached to an aromatic ring is 1. The van der Waals surface area contributed by atoms with Gasteiger partial charge in [-0.1, -0.05) is 24.3 Å². The minimum atomic E-state index is 0.443. The molecule has 88 valence electrons. The first-order chi connectivity index (χ1) is 8.16. The fourth-order valence-corrected chi connectivity index (χ4v) is 1.66. The number of anilines is 2. The Morgan fingerprint density at radius 2 is 1.88 bits per heavy atom. The SMILES string of the molecule is Cc1ccccc1CN(C)c1ccc(N)nn1. The van der Waals surface area contributed by atoms with Crippen molar-refractivity contribution in [2.75, 3.05) is 17.7 Å². The summed E-state index contributed by atoms with van der Waals surface area (Å²) in [4.78, 5) is 2.05. The Morgan fingerprint density at radius 3 is 2.53 bits per heavy atom. The van der Waals surface area contributed by atoms with E-state index in [1.165, 1.54) is 11.1 Å². The summed E-state index contributed by atoms with van der Waals surface area (Å²) in [6, 6.07) is 12.0. The minimum Gasteiger partial charge on any atom is -0.382 e. The predicted octanol–water partition coefficient (Wildman–Crippen LogP) is 2.00. The molecule has 1 heterocycles. The van der Waals surface area contributed by atoms with Crippen molar-refractivity contribution in [3.05, 3.63) is 47.5 Å². The quantitative estimate of drug-likeness (QED) is 0.873. The number of hydrogen-bond donors (Lipinski definition) is 1. The van der Waals surface area contributed by atoms with Crippen LogP contribution in [0.5, 0.6) is 0 Å². The van der Waals surface area contributed by atoms with Gasteiger partial charge in [0.25, 0.3) is 0 Å². The van der Waals surface area contributed by atoms with Crippen LogP contribution in [0.2, 0.25) is 0 Å². The van der Waals surface area contributed by atoms with Crippen LogP contribution in [0, 0.1) is 6.92 Å². The van der Waals surface area contributed by atoms with Gasteiger partial charge in [-0.05, 0) is 30.2 Å². The van der Waals surface area contributed by atoms with Gasteiger partial charge in [0.15, 0.2) is 5.82 Å². The Bertz CT molecular complexity index is 493. The molecule has 0 radical (unpaired) electrons. The molecule has 0 saturated heterocycles. The van der Waals surface area contributed by atoms with Gasteiger partial charge in [0, 0.05) is 13.6 Å². The Kier molecular flexibility index (Phi) is 3.23. The second-order valence-electron chi connectivity index (χ2n) is 4.10. The molecule has 0 saturated carbocycles. The number of nitrogens with two attached hydrogens (primary N) is 1. The molecule has 4 heteroatoms. The van der Waals surface area contributed by atoms with Crippen molar-refractivity contribution in [2.24, 2.45) is 0 Å². The topological polar surface area (TPSA) is 55.0 Å². The van der Waals surface area contributed by atoms with E-state index in [0.29, 0.717) is 5.82 Å². The number of rotatable bonds is 3. The first-order valence-corrected chi connectivity index (χ1v) is 5.51. The molecular weight excluding hydrogens is 212 g/mol. The maximum absolute atomic E-state index is 5.51. The van der Waals surface area contributed by atoms with Crippen LogP contribution in [0.4, 0.5) is 11.6 Å². The van der Waals surface area contributed by atoms with Gasteiger partial charge in [0.2, 0.25) is 0 Å². The van der Waals surface area contributed by atoms with Gasteiger partial charge in [-0.2, -0.15) is 0 Å². The van der Waals surface area contributed by atoms with Crippen molar-refractivity contribution in [1.29, 1.82) is 0 Å². The number of aryl methyl sites for hydroxylation is 1. The van der Waals surface area contributed by atoms with Gasteiger partial charge in [0.1, 0.15) is 5.82 Å². The summed E-state index contributed by atoms with van der Waals surface area (Å²) < 4.78 is 0. The van der Waals surface area contributed by atoms with Gasteiger partial charge in [-0.25, -0.2) is 0 Å². The average molecular weight is 228 g/mol. The zero-order valence-electron chi connectivity index (χ0n) is 10.1. The largest absolute Gasteiger partial charge is 0.382 e. The number of benzene rings is 1. The van der Waals surface area contributed by atoms with Crippen molar-refractivity contribution in [3.8, 4) is 0 Å². The lowest BCUT2D eigenvalue weighted by Crippen LogP contribution is -2.18. The van der Waals surface area contributed by atoms with E-state index in [1.54, 1.807) is 6.07 Å². The van der Waals surface area contributed by atoms with E-state index in [2.05, 4.69) is 34.2 Å². The minimum absolute atomic E-state index is 0.443. The van der Waals surface area contributed by atoms with Crippen LogP contribution < -0.4 is 10.6 Å². The summed E-state index contributed by atoms with van der Waals surface area (Å²) in [5, 5.41) is 7.91. The molecule has 0 unspecified atom stereocenters. The smallest absolute Gasteiger partial charge is 0.151 e. The molecule has 2 N–H and O–H groups in total. The summed E-state index contributed by atoms with van der Waals surface area (Å²) in [5.41, 5.74) is 8.08. The van der Waals surface area contributed by atoms with Crippen molar-refractivity contribution in [2.45, 2.75) is 13.5 Å². The van der Waals surface area contributed by atoms with Gasteiger partial charge in [-0.3, -0.25) is 0 Å². The van der Waals surface area contributed by atoms with Crippen LogP contribution >= 0.6 is 0 Å². The zero-order chi connectivity index (χ0) is 12.3. The molecule has 2 rings (SSSR count). The zero-order valence-corrected chi connectivity index (χ0v) is 10.1. The molecule has 0 amide bonds. The molecule has 0 spiro atoms. The number of aromatic nitrogens is 2. The highest BCUT2D eigenvalue weighted by molar-refractivity contribution is 5.42. The Hall–Kier alpha value is -2.10. The lowest BCUT2D eigenvalue weighted by atomic mass is 10.1. The lowest BCUT2D eigenvalue weighted by molar-refractivity contribution is 0.864. The second kappa shape index (κ2) is 4.82. The van der Waals surface area contributed by atoms with Crippen LogP contribution in [0.3, 0.4) is 0 Å². The summed E-state index contributed by atoms with van der Waals surface area (Å²) >= 11 is 0. The first kappa shape index (κ1) is 11.4. The number of hydrogen-bond acceptors (Lipinski definition) is 4. The lowest BCUT2D eigenvalue weighted by Gasteiger charge is -2.18. The molecule has 0 aliphatic rings. The molecule has 0 bridgehead atoms. The number of nitrogens with zero attached hydrogens (tertiary/aromatic N) is 3. The summed E-state index contributed by atoms with van der Waals surface area (Å²) in [7, 11) is 1.99. The molecule has 17 heavy (non-hydrogen) atoms. The fraction of sp³-hybridized carbons (Fsp3) is 0.231. The Labute approximate surface area is 101 Å². The standard InChI is InChI=1S/C13H16N4/c1-10-5-3-4-6-11(10)9-17(2)13-8-7-12(14)15-16-13/h3-8H,9H2,1-2H3,(H2,14,15). The third kappa shape index (κ3) is 2.72. The molecule has 1 aromatic heterocycles. The van der Waals surface area contributed by atoms with Crippen LogP contribution in [-0.4, -0.2) is 17.2 Å². The predicted molar refractivity (Wildman–Crippen MR) is 69.7 cm³/mol. The van der Waals surface area contributed by atoms with Gasteiger partial charge < -0.3 is 10.6 Å². The van der Waals surface area contributed by atoms with Gasteiger partial charge in [-0.15, -0.1) is 10.2 Å². The van der Waals surface area contributed by atoms with E-state index >= 15 is 0 Å². The van der Waals surface area contributed by atoms with Crippen LogP contribution in [0.15, 0.2) is 36.4 Å². The Morgan fingerprint density at radius 1 is 1.12 bits per heavy atom. The molecule has 2 aromatic rings. The van der Waals surface area contributed by atoms with Gasteiger partial charge in [0.05, 0.1) is 0 Å². The average Bonchev–Trinajstić information content (AvgIpc) is 2.33. The molecule has 1 aromatic carbocycles. The highest BCUT2D eigenvalue weighted by atomic mass is 15.3. The molecular formula is C13H16N4. The third-order valence-corrected chi connectivity index (χ3v) is 2.73. The molecule has 4 nitrogen and oxygen atoms in total. The van der Waals surface area contributed by atoms with E-state index in [9.17, 15) is 0 Å². The molecule has 0 aliphatic carbocycles. The summed E-state index contributed by atoms with van der Waals surface area (Å²) in [6.07, 6.45) is 0.